The van der Waals surface area contributed by atoms with Crippen LogP contribution < -0.4 is 0 Å². The Morgan fingerprint density at radius 1 is 1.28 bits per heavy atom. The van der Waals surface area contributed by atoms with E-state index in [-0.39, 0.29) is 23.0 Å². The van der Waals surface area contributed by atoms with Crippen molar-refractivity contribution in [3.63, 3.8) is 0 Å². The highest BCUT2D eigenvalue weighted by atomic mass is 35.5. The number of allylic oxidation sites excluding steroid dienone is 5. The van der Waals surface area contributed by atoms with E-state index in [4.69, 9.17) is 11.6 Å². The molecule has 1 N–H and O–H groups in total. The molecule has 0 saturated heterocycles. The molecule has 2 aromatic rings. The quantitative estimate of drug-likeness (QED) is 0.428. The van der Waals surface area contributed by atoms with Crippen molar-refractivity contribution in [1.82, 2.24) is 4.57 Å². The van der Waals surface area contributed by atoms with Crippen LogP contribution in [0.15, 0.2) is 52.4 Å². The maximum atomic E-state index is 12.6. The number of carbonyl (C=O) groups excluding carboxylic acids is 1. The highest BCUT2D eigenvalue weighted by Crippen LogP contribution is 2.44. The largest absolute Gasteiger partial charge is 0.481 e. The number of carboxylic acid groups (broad SMARTS) is 1. The molecule has 0 unspecified atom stereocenters. The lowest BCUT2D eigenvalue weighted by molar-refractivity contribution is -0.137. The van der Waals surface area contributed by atoms with Crippen molar-refractivity contribution < 1.29 is 23.1 Å². The maximum Gasteiger partial charge on any atom is 0.304 e. The molecule has 0 fully saturated rings. The monoisotopic (exact) mass is 475 g/mol. The lowest BCUT2D eigenvalue weighted by Gasteiger charge is -2.17. The van der Waals surface area contributed by atoms with Crippen LogP contribution in [-0.2, 0) is 27.6 Å². The minimum absolute atomic E-state index is 0.0252. The summed E-state index contributed by atoms with van der Waals surface area (Å²) in [5, 5.41) is 10.6. The minimum Gasteiger partial charge on any atom is -0.481 e. The number of aryl methyl sites for hydroxylation is 1. The molecule has 1 heterocycles. The molecule has 1 aliphatic carbocycles. The van der Waals surface area contributed by atoms with Gasteiger partial charge in [0.15, 0.2) is 15.6 Å². The summed E-state index contributed by atoms with van der Waals surface area (Å²) in [6, 6.07) is 3.04. The minimum atomic E-state index is -3.53. The van der Waals surface area contributed by atoms with Crippen LogP contribution in [0, 0.1) is 0 Å². The molecule has 1 atom stereocenters. The van der Waals surface area contributed by atoms with Crippen LogP contribution >= 0.6 is 11.6 Å². The molecular weight excluding hydrogens is 450 g/mol. The second-order valence-electron chi connectivity index (χ2n) is 8.25. The van der Waals surface area contributed by atoms with Crippen molar-refractivity contribution in [2.75, 3.05) is 6.26 Å². The molecule has 1 aromatic carbocycles. The van der Waals surface area contributed by atoms with Crippen molar-refractivity contribution >= 4 is 44.1 Å². The number of Topliss-reactive ketones (excluding diaryl/α,β-unsaturated/α-hetero) is 1. The molecule has 3 rings (SSSR count). The van der Waals surface area contributed by atoms with Gasteiger partial charge >= 0.3 is 5.97 Å². The lowest BCUT2D eigenvalue weighted by atomic mass is 10.0. The highest BCUT2D eigenvalue weighted by molar-refractivity contribution is 7.90. The predicted molar refractivity (Wildman–Crippen MR) is 126 cm³/mol. The number of halogens is 1. The third kappa shape index (κ3) is 4.74. The Morgan fingerprint density at radius 2 is 1.97 bits per heavy atom. The topological polar surface area (TPSA) is 93.4 Å². The smallest absolute Gasteiger partial charge is 0.304 e. The molecular formula is C24H26ClNO5S. The Morgan fingerprint density at radius 3 is 2.53 bits per heavy atom. The number of carbonyl (C=O) groups is 2. The number of aromatic nitrogens is 1. The van der Waals surface area contributed by atoms with Crippen molar-refractivity contribution in [2.45, 2.75) is 50.5 Å². The van der Waals surface area contributed by atoms with E-state index in [0.717, 1.165) is 23.1 Å². The van der Waals surface area contributed by atoms with E-state index in [1.165, 1.54) is 19.1 Å². The zero-order chi connectivity index (χ0) is 23.8. The van der Waals surface area contributed by atoms with Gasteiger partial charge in [0.2, 0.25) is 0 Å². The number of sulfone groups is 1. The summed E-state index contributed by atoms with van der Waals surface area (Å²) in [5.74, 6) is -1.35. The second-order valence-corrected chi connectivity index (χ2v) is 10.7. The molecule has 6 nitrogen and oxygen atoms in total. The SMILES string of the molecule is C=C/C(Cl)=C\C=C(/C)Cn1c2c(c3cc(S(C)(=O)=O)cc(C(C)=O)c31)CC[C@@H]2CC(=O)O. The summed E-state index contributed by atoms with van der Waals surface area (Å²) in [6.45, 7) is 7.37. The molecule has 0 radical (unpaired) electrons. The first-order valence-electron chi connectivity index (χ1n) is 10.2. The number of rotatable bonds is 8. The van der Waals surface area contributed by atoms with Crippen molar-refractivity contribution in [3.8, 4) is 0 Å². The van der Waals surface area contributed by atoms with Crippen LogP contribution in [0.5, 0.6) is 0 Å². The van der Waals surface area contributed by atoms with Gasteiger partial charge in [-0.05, 0) is 50.5 Å². The Hall–Kier alpha value is -2.64. The first-order chi connectivity index (χ1) is 14.9. The average molecular weight is 476 g/mol. The first-order valence-corrected chi connectivity index (χ1v) is 12.5. The van der Waals surface area contributed by atoms with Gasteiger partial charge in [0.05, 0.1) is 16.8 Å². The third-order valence-electron chi connectivity index (χ3n) is 5.77. The zero-order valence-electron chi connectivity index (χ0n) is 18.3. The number of hydrogen-bond acceptors (Lipinski definition) is 4. The van der Waals surface area contributed by atoms with Gasteiger partial charge in [-0.2, -0.15) is 0 Å². The fourth-order valence-corrected chi connectivity index (χ4v) is 5.11. The third-order valence-corrected chi connectivity index (χ3v) is 7.14. The summed E-state index contributed by atoms with van der Waals surface area (Å²) >= 11 is 6.01. The molecule has 8 heteroatoms. The van der Waals surface area contributed by atoms with Crippen LogP contribution in [0.2, 0.25) is 0 Å². The number of hydrogen-bond donors (Lipinski definition) is 1. The number of fused-ring (bicyclic) bond motifs is 3. The fraction of sp³-hybridized carbons (Fsp3) is 0.333. The van der Waals surface area contributed by atoms with E-state index < -0.39 is 15.8 Å². The van der Waals surface area contributed by atoms with Crippen LogP contribution in [0.1, 0.15) is 54.2 Å². The van der Waals surface area contributed by atoms with Crippen LogP contribution in [0.3, 0.4) is 0 Å². The van der Waals surface area contributed by atoms with Gasteiger partial charge in [0.1, 0.15) is 0 Å². The summed E-state index contributed by atoms with van der Waals surface area (Å²) in [4.78, 5) is 24.1. The standard InChI is InChI=1S/C24H26ClNO5S/c1-5-17(25)8-6-14(2)13-26-23-16(10-22(28)29)7-9-19(23)21-12-18(32(4,30)31)11-20(15(3)27)24(21)26/h5-6,8,11-12,16H,1,7,9-10,13H2,2-4H3,(H,28,29)/b14-6+,17-8+/t16-/m1/s1. The van der Waals surface area contributed by atoms with Crippen LogP contribution in [0.4, 0.5) is 0 Å². The molecule has 0 aliphatic heterocycles. The highest BCUT2D eigenvalue weighted by Gasteiger charge is 2.33. The summed E-state index contributed by atoms with van der Waals surface area (Å²) in [6.07, 6.45) is 7.48. The number of ketones is 1. The van der Waals surface area contributed by atoms with E-state index in [1.807, 2.05) is 17.6 Å². The molecule has 170 valence electrons. The van der Waals surface area contributed by atoms with Gasteiger partial charge in [0.25, 0.3) is 0 Å². The number of benzene rings is 1. The van der Waals surface area contributed by atoms with E-state index in [0.29, 0.717) is 40.9 Å². The molecule has 0 saturated carbocycles. The predicted octanol–water partition coefficient (Wildman–Crippen LogP) is 5.01. The maximum absolute atomic E-state index is 12.6. The Kier molecular flexibility index (Phi) is 6.81. The molecule has 0 bridgehead atoms. The summed E-state index contributed by atoms with van der Waals surface area (Å²) < 4.78 is 26.6. The van der Waals surface area contributed by atoms with Crippen molar-refractivity contribution in [3.05, 3.63) is 64.4 Å². The summed E-state index contributed by atoms with van der Waals surface area (Å²) in [5.41, 5.74) is 3.69. The number of nitrogens with zero attached hydrogens (tertiary/aromatic N) is 1. The van der Waals surface area contributed by atoms with Gasteiger partial charge in [-0.3, -0.25) is 9.59 Å². The van der Waals surface area contributed by atoms with Gasteiger partial charge < -0.3 is 9.67 Å². The normalized spacial score (nSPS) is 16.9. The average Bonchev–Trinajstić information content (AvgIpc) is 3.23. The van der Waals surface area contributed by atoms with Crippen molar-refractivity contribution in [1.29, 1.82) is 0 Å². The Balaban J connectivity index is 2.34. The number of carboxylic acids is 1. The first kappa shape index (κ1) is 24.0. The summed E-state index contributed by atoms with van der Waals surface area (Å²) in [7, 11) is -3.53. The molecule has 1 aliphatic rings. The number of aliphatic carboxylic acids is 1. The molecule has 32 heavy (non-hydrogen) atoms. The van der Waals surface area contributed by atoms with Gasteiger partial charge in [-0.25, -0.2) is 8.42 Å². The zero-order valence-corrected chi connectivity index (χ0v) is 19.9. The van der Waals surface area contributed by atoms with E-state index in [1.54, 1.807) is 12.1 Å². The lowest BCUT2D eigenvalue weighted by Crippen LogP contribution is -2.12. The molecule has 0 spiro atoms. The van der Waals surface area contributed by atoms with Crippen LogP contribution in [-0.4, -0.2) is 36.1 Å². The van der Waals surface area contributed by atoms with Gasteiger partial charge in [0, 0.05) is 40.4 Å². The second kappa shape index (κ2) is 9.08. The van der Waals surface area contributed by atoms with E-state index in [9.17, 15) is 23.1 Å². The van der Waals surface area contributed by atoms with Gasteiger partial charge in [-0.1, -0.05) is 35.9 Å². The van der Waals surface area contributed by atoms with Crippen LogP contribution in [0.25, 0.3) is 10.9 Å². The molecule has 0 amide bonds. The van der Waals surface area contributed by atoms with Crippen molar-refractivity contribution in [2.24, 2.45) is 0 Å². The van der Waals surface area contributed by atoms with Gasteiger partial charge in [-0.15, -0.1) is 0 Å². The Bertz CT molecular complexity index is 1300. The fourth-order valence-electron chi connectivity index (χ4n) is 4.38. The van der Waals surface area contributed by atoms with E-state index in [2.05, 4.69) is 6.58 Å². The van der Waals surface area contributed by atoms with E-state index >= 15 is 0 Å². The Labute approximate surface area is 192 Å². The molecule has 1 aromatic heterocycles.